The summed E-state index contributed by atoms with van der Waals surface area (Å²) in [4.78, 5) is 29.3. The third-order valence-electron chi connectivity index (χ3n) is 0. The SMILES string of the molecule is O[Si](O)(O)O.[Fe].[SrH2]. The van der Waals surface area contributed by atoms with Gasteiger partial charge in [-0.25, -0.2) is 0 Å². The van der Waals surface area contributed by atoms with Gasteiger partial charge in [0.1, 0.15) is 0 Å². The monoisotopic (exact) mass is 242 g/mol. The van der Waals surface area contributed by atoms with E-state index in [4.69, 9.17) is 19.2 Å². The van der Waals surface area contributed by atoms with Crippen LogP contribution in [0.5, 0.6) is 0 Å². The van der Waals surface area contributed by atoms with Crippen LogP contribution in [-0.2, 0) is 17.1 Å². The van der Waals surface area contributed by atoms with Crippen LogP contribution in [0.4, 0.5) is 0 Å². The summed E-state index contributed by atoms with van der Waals surface area (Å²) in [5, 5.41) is 0. The van der Waals surface area contributed by atoms with E-state index in [0.717, 1.165) is 0 Å². The van der Waals surface area contributed by atoms with Crippen LogP contribution in [0.2, 0.25) is 0 Å². The van der Waals surface area contributed by atoms with Gasteiger partial charge in [-0.3, -0.25) is 0 Å². The van der Waals surface area contributed by atoms with Gasteiger partial charge in [-0.2, -0.15) is 0 Å². The van der Waals surface area contributed by atoms with E-state index in [2.05, 4.69) is 0 Å². The standard InChI is InChI=1S/Fe.H4O4Si.Sr.2H/c;1-5(2,3)4;;;/h;1-4H;;;. The van der Waals surface area contributed by atoms with Crippen molar-refractivity contribution in [1.82, 2.24) is 0 Å². The summed E-state index contributed by atoms with van der Waals surface area (Å²) in [6.45, 7) is 0. The Morgan fingerprint density at radius 2 is 0.857 bits per heavy atom. The van der Waals surface area contributed by atoms with Crippen LogP contribution >= 0.6 is 0 Å². The molecule has 7 heteroatoms. The fourth-order valence-corrected chi connectivity index (χ4v) is 0. The van der Waals surface area contributed by atoms with Gasteiger partial charge in [-0.05, 0) is 0 Å². The van der Waals surface area contributed by atoms with Crippen molar-refractivity contribution in [2.75, 3.05) is 0 Å². The van der Waals surface area contributed by atoms with Crippen LogP contribution in [0.3, 0.4) is 0 Å². The molecule has 0 bridgehead atoms. The van der Waals surface area contributed by atoms with Gasteiger partial charge >= 0.3 is 54.5 Å². The Bertz CT molecular complexity index is 27.2. The Hall–Kier alpha value is 2.06. The first-order valence-corrected chi connectivity index (χ1v) is 2.68. The van der Waals surface area contributed by atoms with Crippen molar-refractivity contribution >= 4 is 54.5 Å². The van der Waals surface area contributed by atoms with E-state index in [1.165, 1.54) is 0 Å². The van der Waals surface area contributed by atoms with Crippen molar-refractivity contribution in [1.29, 1.82) is 0 Å². The molecule has 4 N–H and O–H groups in total. The van der Waals surface area contributed by atoms with Crippen LogP contribution in [0.15, 0.2) is 0 Å². The second kappa shape index (κ2) is 6.18. The molecule has 0 radical (unpaired) electrons. The van der Waals surface area contributed by atoms with E-state index in [9.17, 15) is 0 Å². The summed E-state index contributed by atoms with van der Waals surface area (Å²) in [5.41, 5.74) is 0. The van der Waals surface area contributed by atoms with E-state index < -0.39 is 9.05 Å². The molecule has 0 aliphatic heterocycles. The molecule has 0 rings (SSSR count). The molecule has 0 amide bonds. The summed E-state index contributed by atoms with van der Waals surface area (Å²) in [6.07, 6.45) is 0. The minimum atomic E-state index is -4.61. The molecule has 44 valence electrons. The van der Waals surface area contributed by atoms with Gasteiger partial charge < -0.3 is 19.2 Å². The molecule has 0 aliphatic rings. The first-order valence-electron chi connectivity index (χ1n) is 0.894. The molecule has 0 aliphatic carbocycles. The normalized spacial score (nSPS) is 8.57. The maximum atomic E-state index is 7.33. The second-order valence-corrected chi connectivity index (χ2v) is 1.80. The van der Waals surface area contributed by atoms with Gasteiger partial charge in [-0.15, -0.1) is 0 Å². The first-order chi connectivity index (χ1) is 2.00. The molecule has 0 saturated heterocycles. The molecule has 7 heavy (non-hydrogen) atoms. The van der Waals surface area contributed by atoms with Crippen LogP contribution in [-0.4, -0.2) is 73.7 Å². The Kier molecular flexibility index (Phi) is 14.2. The van der Waals surface area contributed by atoms with E-state index >= 15 is 0 Å². The van der Waals surface area contributed by atoms with Crippen molar-refractivity contribution in [3.63, 3.8) is 0 Å². The fraction of sp³-hybridized carbons (Fsp3) is 0. The molecular formula is H6FeO4SiSr. The summed E-state index contributed by atoms with van der Waals surface area (Å²) >= 11 is 0. The molecule has 0 unspecified atom stereocenters. The van der Waals surface area contributed by atoms with Gasteiger partial charge in [0.05, 0.1) is 0 Å². The van der Waals surface area contributed by atoms with E-state index in [1.54, 1.807) is 0 Å². The molecule has 0 atom stereocenters. The number of hydrogen-bond acceptors (Lipinski definition) is 4. The van der Waals surface area contributed by atoms with Gasteiger partial charge in [-0.1, -0.05) is 0 Å². The molecule has 0 aromatic carbocycles. The third kappa shape index (κ3) is 69.9. The first kappa shape index (κ1) is 16.0. The molecular weight excluding hydrogens is 236 g/mol. The minimum absolute atomic E-state index is 0. The van der Waals surface area contributed by atoms with Crippen LogP contribution in [0.1, 0.15) is 0 Å². The molecule has 0 aromatic heterocycles. The predicted molar refractivity (Wildman–Crippen MR) is 23.2 cm³/mol. The quantitative estimate of drug-likeness (QED) is 0.332. The molecule has 0 aromatic rings. The Morgan fingerprint density at radius 1 is 0.857 bits per heavy atom. The number of hydrogen-bond donors (Lipinski definition) is 4. The molecule has 0 saturated carbocycles. The zero-order chi connectivity index (χ0) is 4.50. The topological polar surface area (TPSA) is 80.9 Å². The van der Waals surface area contributed by atoms with Crippen LogP contribution < -0.4 is 0 Å². The molecule has 0 fully saturated rings. The predicted octanol–water partition coefficient (Wildman–Crippen LogP) is -3.53. The second-order valence-electron chi connectivity index (χ2n) is 0.600. The summed E-state index contributed by atoms with van der Waals surface area (Å²) in [6, 6.07) is 0. The Morgan fingerprint density at radius 3 is 0.857 bits per heavy atom. The van der Waals surface area contributed by atoms with Crippen LogP contribution in [0.25, 0.3) is 0 Å². The molecule has 0 heterocycles. The zero-order valence-corrected chi connectivity index (χ0v) is 4.75. The van der Waals surface area contributed by atoms with Gasteiger partial charge in [0.25, 0.3) is 0 Å². The van der Waals surface area contributed by atoms with E-state index in [1.807, 2.05) is 0 Å². The number of rotatable bonds is 0. The van der Waals surface area contributed by atoms with Crippen molar-refractivity contribution < 1.29 is 36.3 Å². The Labute approximate surface area is 89.4 Å². The average molecular weight is 242 g/mol. The van der Waals surface area contributed by atoms with Gasteiger partial charge in [0.15, 0.2) is 0 Å². The molecule has 4 nitrogen and oxygen atoms in total. The van der Waals surface area contributed by atoms with Gasteiger partial charge in [0.2, 0.25) is 0 Å². The van der Waals surface area contributed by atoms with Crippen molar-refractivity contribution in [3.8, 4) is 0 Å². The average Bonchev–Trinajstić information content (AvgIpc) is 0.722. The van der Waals surface area contributed by atoms with E-state index in [0.29, 0.717) is 0 Å². The van der Waals surface area contributed by atoms with Crippen molar-refractivity contribution in [2.45, 2.75) is 0 Å². The zero-order valence-electron chi connectivity index (χ0n) is 2.64. The van der Waals surface area contributed by atoms with Gasteiger partial charge in [0, 0.05) is 17.1 Å². The summed E-state index contributed by atoms with van der Waals surface area (Å²) in [7, 11) is -4.61. The van der Waals surface area contributed by atoms with Crippen molar-refractivity contribution in [2.24, 2.45) is 0 Å². The maximum absolute atomic E-state index is 7.33. The van der Waals surface area contributed by atoms with Crippen molar-refractivity contribution in [3.05, 3.63) is 0 Å². The van der Waals surface area contributed by atoms with E-state index in [-0.39, 0.29) is 62.6 Å². The molecule has 0 spiro atoms. The fourth-order valence-electron chi connectivity index (χ4n) is 0. The summed E-state index contributed by atoms with van der Waals surface area (Å²) in [5.74, 6) is 0. The summed E-state index contributed by atoms with van der Waals surface area (Å²) < 4.78 is 0. The van der Waals surface area contributed by atoms with Crippen LogP contribution in [0, 0.1) is 0 Å². The third-order valence-corrected chi connectivity index (χ3v) is 0. The Balaban J connectivity index is -0.0000000800.